The van der Waals surface area contributed by atoms with Crippen LogP contribution in [0.15, 0.2) is 10.8 Å². The van der Waals surface area contributed by atoms with Crippen LogP contribution in [0, 0.1) is 0 Å². The molecule has 0 aliphatic carbocycles. The van der Waals surface area contributed by atoms with Crippen LogP contribution in [0.1, 0.15) is 13.8 Å². The molecule has 1 saturated heterocycles. The minimum Gasteiger partial charge on any atom is -0.372 e. The third kappa shape index (κ3) is 2.44. The Morgan fingerprint density at radius 1 is 1.33 bits per heavy atom. The summed E-state index contributed by atoms with van der Waals surface area (Å²) in [6.07, 6.45) is 1.61. The van der Waals surface area contributed by atoms with E-state index in [1.807, 2.05) is 7.05 Å². The summed E-state index contributed by atoms with van der Waals surface area (Å²) in [4.78, 5) is 13.3. The fourth-order valence-electron chi connectivity index (χ4n) is 2.18. The number of nitrogens with one attached hydrogen (secondary N) is 1. The molecule has 6 heteroatoms. The summed E-state index contributed by atoms with van der Waals surface area (Å²) in [5.41, 5.74) is 0.155. The van der Waals surface area contributed by atoms with Crippen molar-refractivity contribution in [3.05, 3.63) is 10.8 Å². The first kappa shape index (κ1) is 13.5. The Morgan fingerprint density at radius 2 is 2.06 bits per heavy atom. The first-order valence-electron chi connectivity index (χ1n) is 6.10. The van der Waals surface area contributed by atoms with Crippen LogP contribution < -0.4 is 10.2 Å². The lowest BCUT2D eigenvalue weighted by molar-refractivity contribution is 0.138. The smallest absolute Gasteiger partial charge is 0.148 e. The Bertz CT molecular complexity index is 434. The lowest BCUT2D eigenvalue weighted by Gasteiger charge is -2.45. The van der Waals surface area contributed by atoms with Crippen molar-refractivity contribution in [3.8, 4) is 0 Å². The van der Waals surface area contributed by atoms with Gasteiger partial charge in [-0.05, 0) is 36.8 Å². The lowest BCUT2D eigenvalue weighted by Crippen LogP contribution is -2.58. The molecule has 1 aliphatic rings. The van der Waals surface area contributed by atoms with Crippen molar-refractivity contribution < 1.29 is 0 Å². The second-order valence-electron chi connectivity index (χ2n) is 5.27. The minimum atomic E-state index is 0.155. The zero-order valence-electron chi connectivity index (χ0n) is 11.4. The van der Waals surface area contributed by atoms with Gasteiger partial charge in [0.1, 0.15) is 22.4 Å². The number of halogens is 1. The van der Waals surface area contributed by atoms with Crippen molar-refractivity contribution in [2.45, 2.75) is 19.4 Å². The molecule has 2 rings (SSSR count). The number of nitrogens with zero attached hydrogens (tertiary/aromatic N) is 4. The molecule has 1 aromatic heterocycles. The first-order valence-corrected chi connectivity index (χ1v) is 6.89. The van der Waals surface area contributed by atoms with Crippen LogP contribution >= 0.6 is 15.9 Å². The summed E-state index contributed by atoms with van der Waals surface area (Å²) in [6.45, 7) is 7.50. The van der Waals surface area contributed by atoms with Gasteiger partial charge in [-0.3, -0.25) is 4.90 Å². The predicted octanol–water partition coefficient (Wildman–Crippen LogP) is 1.81. The van der Waals surface area contributed by atoms with Gasteiger partial charge in [0.15, 0.2) is 0 Å². The number of likely N-dealkylation sites (N-methyl/N-ethyl adjacent to an activating group) is 1. The summed E-state index contributed by atoms with van der Waals surface area (Å²) in [6, 6.07) is 0. The quantitative estimate of drug-likeness (QED) is 0.902. The maximum absolute atomic E-state index is 4.41. The van der Waals surface area contributed by atoms with Gasteiger partial charge < -0.3 is 10.2 Å². The largest absolute Gasteiger partial charge is 0.372 e. The number of hydrogen-bond acceptors (Lipinski definition) is 5. The number of anilines is 2. The Labute approximate surface area is 117 Å². The Kier molecular flexibility index (Phi) is 3.77. The summed E-state index contributed by atoms with van der Waals surface area (Å²) < 4.78 is 0.938. The van der Waals surface area contributed by atoms with Gasteiger partial charge >= 0.3 is 0 Å². The van der Waals surface area contributed by atoms with Crippen LogP contribution in [0.2, 0.25) is 0 Å². The predicted molar refractivity (Wildman–Crippen MR) is 78.2 cm³/mol. The molecule has 100 valence electrons. The van der Waals surface area contributed by atoms with Gasteiger partial charge in [0.25, 0.3) is 0 Å². The molecular weight excluding hydrogens is 294 g/mol. The average Bonchev–Trinajstić information content (AvgIpc) is 2.33. The Balaban J connectivity index is 2.28. The molecule has 1 N–H and O–H groups in total. The van der Waals surface area contributed by atoms with Gasteiger partial charge in [-0.2, -0.15) is 0 Å². The standard InChI is InChI=1S/C12H20BrN5/c1-12(2)7-18(6-5-17(12)4)11-9(13)10(14-3)15-8-16-11/h8H,5-7H2,1-4H3,(H,14,15,16). The van der Waals surface area contributed by atoms with Crippen molar-refractivity contribution in [1.82, 2.24) is 14.9 Å². The number of piperazine rings is 1. The van der Waals surface area contributed by atoms with E-state index in [2.05, 4.69) is 61.9 Å². The monoisotopic (exact) mass is 313 g/mol. The zero-order chi connectivity index (χ0) is 13.3. The van der Waals surface area contributed by atoms with Crippen LogP contribution in [0.25, 0.3) is 0 Å². The van der Waals surface area contributed by atoms with Crippen molar-refractivity contribution in [1.29, 1.82) is 0 Å². The van der Waals surface area contributed by atoms with E-state index in [1.54, 1.807) is 6.33 Å². The summed E-state index contributed by atoms with van der Waals surface area (Å²) >= 11 is 3.59. The van der Waals surface area contributed by atoms with Crippen LogP contribution in [-0.2, 0) is 0 Å². The second-order valence-corrected chi connectivity index (χ2v) is 6.06. The molecule has 18 heavy (non-hydrogen) atoms. The highest BCUT2D eigenvalue weighted by atomic mass is 79.9. The number of hydrogen-bond donors (Lipinski definition) is 1. The highest BCUT2D eigenvalue weighted by Gasteiger charge is 2.32. The molecule has 0 unspecified atom stereocenters. The van der Waals surface area contributed by atoms with Gasteiger partial charge in [0.05, 0.1) is 0 Å². The van der Waals surface area contributed by atoms with Crippen LogP contribution in [0.4, 0.5) is 11.6 Å². The van der Waals surface area contributed by atoms with Gasteiger partial charge in [-0.15, -0.1) is 0 Å². The summed E-state index contributed by atoms with van der Waals surface area (Å²) in [7, 11) is 4.04. The highest BCUT2D eigenvalue weighted by Crippen LogP contribution is 2.32. The van der Waals surface area contributed by atoms with E-state index in [-0.39, 0.29) is 5.54 Å². The SMILES string of the molecule is CNc1ncnc(N2CCN(C)C(C)(C)C2)c1Br. The van der Waals surface area contributed by atoms with E-state index < -0.39 is 0 Å². The zero-order valence-corrected chi connectivity index (χ0v) is 13.0. The highest BCUT2D eigenvalue weighted by molar-refractivity contribution is 9.10. The Hall–Kier alpha value is -0.880. The summed E-state index contributed by atoms with van der Waals surface area (Å²) in [5.74, 6) is 1.80. The molecule has 0 amide bonds. The van der Waals surface area contributed by atoms with E-state index in [0.717, 1.165) is 35.7 Å². The normalized spacial score (nSPS) is 19.9. The first-order chi connectivity index (χ1) is 8.45. The average molecular weight is 314 g/mol. The van der Waals surface area contributed by atoms with Gasteiger partial charge in [-0.25, -0.2) is 9.97 Å². The molecule has 1 fully saturated rings. The molecule has 2 heterocycles. The van der Waals surface area contributed by atoms with E-state index in [4.69, 9.17) is 0 Å². The fourth-order valence-corrected chi connectivity index (χ4v) is 2.83. The Morgan fingerprint density at radius 3 is 2.67 bits per heavy atom. The molecule has 5 nitrogen and oxygen atoms in total. The van der Waals surface area contributed by atoms with E-state index in [1.165, 1.54) is 0 Å². The molecule has 1 aliphatic heterocycles. The van der Waals surface area contributed by atoms with Gasteiger partial charge in [0.2, 0.25) is 0 Å². The fraction of sp³-hybridized carbons (Fsp3) is 0.667. The van der Waals surface area contributed by atoms with Crippen LogP contribution in [0.3, 0.4) is 0 Å². The molecular formula is C12H20BrN5. The molecule has 0 saturated carbocycles. The van der Waals surface area contributed by atoms with Crippen molar-refractivity contribution in [2.75, 3.05) is 43.9 Å². The summed E-state index contributed by atoms with van der Waals surface area (Å²) in [5, 5.41) is 3.07. The third-order valence-electron chi connectivity index (χ3n) is 3.62. The van der Waals surface area contributed by atoms with E-state index in [9.17, 15) is 0 Å². The molecule has 0 atom stereocenters. The molecule has 0 bridgehead atoms. The van der Waals surface area contributed by atoms with Gasteiger partial charge in [0, 0.05) is 32.2 Å². The van der Waals surface area contributed by atoms with Gasteiger partial charge in [-0.1, -0.05) is 0 Å². The van der Waals surface area contributed by atoms with Crippen LogP contribution in [-0.4, -0.2) is 54.1 Å². The molecule has 1 aromatic rings. The van der Waals surface area contributed by atoms with Crippen molar-refractivity contribution in [2.24, 2.45) is 0 Å². The maximum atomic E-state index is 4.41. The van der Waals surface area contributed by atoms with E-state index >= 15 is 0 Å². The number of rotatable bonds is 2. The molecule has 0 radical (unpaired) electrons. The minimum absolute atomic E-state index is 0.155. The second kappa shape index (κ2) is 5.01. The van der Waals surface area contributed by atoms with Crippen LogP contribution in [0.5, 0.6) is 0 Å². The third-order valence-corrected chi connectivity index (χ3v) is 4.35. The topological polar surface area (TPSA) is 44.3 Å². The van der Waals surface area contributed by atoms with Crippen molar-refractivity contribution >= 4 is 27.6 Å². The van der Waals surface area contributed by atoms with E-state index in [0.29, 0.717) is 0 Å². The molecule has 0 aromatic carbocycles. The number of aromatic nitrogens is 2. The lowest BCUT2D eigenvalue weighted by atomic mass is 10.00. The molecule has 0 spiro atoms. The van der Waals surface area contributed by atoms with Crippen molar-refractivity contribution in [3.63, 3.8) is 0 Å². The maximum Gasteiger partial charge on any atom is 0.148 e.